The molecule has 2 N–H and O–H groups in total. The van der Waals surface area contributed by atoms with Gasteiger partial charge in [-0.3, -0.25) is 14.4 Å². The third-order valence-corrected chi connectivity index (χ3v) is 5.59. The average Bonchev–Trinajstić information content (AvgIpc) is 3.05. The molecule has 0 spiro atoms. The SMILES string of the molecule is CCc1ccc(N2C(=O)C(Nc3ccccc3C)=C(c3ccc(NC(C)=O)cc3)C2=O)cc1. The van der Waals surface area contributed by atoms with E-state index in [1.807, 2.05) is 43.3 Å². The molecule has 33 heavy (non-hydrogen) atoms. The van der Waals surface area contributed by atoms with E-state index in [4.69, 9.17) is 0 Å². The molecule has 0 saturated carbocycles. The number of nitrogens with one attached hydrogen (secondary N) is 2. The van der Waals surface area contributed by atoms with E-state index in [2.05, 4.69) is 17.6 Å². The number of carbonyl (C=O) groups is 3. The van der Waals surface area contributed by atoms with Crippen molar-refractivity contribution in [1.29, 1.82) is 0 Å². The average molecular weight is 440 g/mol. The van der Waals surface area contributed by atoms with Crippen LogP contribution in [0.1, 0.15) is 30.5 Å². The standard InChI is InChI=1S/C27H25N3O3/c1-4-19-9-15-22(16-10-19)30-26(32)24(20-11-13-21(14-12-20)28-18(3)31)25(27(30)33)29-23-8-6-5-7-17(23)2/h5-16,29H,4H2,1-3H3,(H,28,31). The molecule has 3 aromatic rings. The van der Waals surface area contributed by atoms with Gasteiger partial charge < -0.3 is 10.6 Å². The van der Waals surface area contributed by atoms with Gasteiger partial charge in [0.2, 0.25) is 5.91 Å². The second-order valence-corrected chi connectivity index (χ2v) is 7.91. The highest BCUT2D eigenvalue weighted by Crippen LogP contribution is 2.34. The van der Waals surface area contributed by atoms with Crippen molar-refractivity contribution < 1.29 is 14.4 Å². The number of rotatable bonds is 6. The summed E-state index contributed by atoms with van der Waals surface area (Å²) in [6.45, 7) is 5.42. The minimum atomic E-state index is -0.409. The number of carbonyl (C=O) groups excluding carboxylic acids is 3. The van der Waals surface area contributed by atoms with Crippen LogP contribution >= 0.6 is 0 Å². The van der Waals surface area contributed by atoms with E-state index >= 15 is 0 Å². The number of benzene rings is 3. The van der Waals surface area contributed by atoms with Crippen molar-refractivity contribution in [3.8, 4) is 0 Å². The van der Waals surface area contributed by atoms with E-state index in [0.717, 1.165) is 23.2 Å². The van der Waals surface area contributed by atoms with Crippen LogP contribution in [-0.4, -0.2) is 17.7 Å². The van der Waals surface area contributed by atoms with Crippen molar-refractivity contribution in [2.75, 3.05) is 15.5 Å². The molecule has 1 heterocycles. The summed E-state index contributed by atoms with van der Waals surface area (Å²) in [6.07, 6.45) is 0.867. The first-order chi connectivity index (χ1) is 15.9. The summed E-state index contributed by atoms with van der Waals surface area (Å²) in [4.78, 5) is 39.6. The molecule has 0 bridgehead atoms. The molecule has 0 atom stereocenters. The van der Waals surface area contributed by atoms with Crippen LogP contribution in [0, 0.1) is 6.92 Å². The maximum atomic E-state index is 13.6. The van der Waals surface area contributed by atoms with Gasteiger partial charge in [-0.05, 0) is 60.4 Å². The molecule has 6 nitrogen and oxygen atoms in total. The normalized spacial score (nSPS) is 13.5. The molecule has 0 fully saturated rings. The Morgan fingerprint density at radius 3 is 2.15 bits per heavy atom. The molecule has 0 aromatic heterocycles. The van der Waals surface area contributed by atoms with E-state index in [1.54, 1.807) is 36.4 Å². The summed E-state index contributed by atoms with van der Waals surface area (Å²) in [7, 11) is 0. The van der Waals surface area contributed by atoms with E-state index in [0.29, 0.717) is 16.9 Å². The van der Waals surface area contributed by atoms with Crippen molar-refractivity contribution in [2.24, 2.45) is 0 Å². The molecule has 0 aliphatic carbocycles. The molecule has 0 saturated heterocycles. The van der Waals surface area contributed by atoms with Crippen LogP contribution in [0.2, 0.25) is 0 Å². The number of anilines is 3. The first-order valence-corrected chi connectivity index (χ1v) is 10.8. The van der Waals surface area contributed by atoms with Crippen molar-refractivity contribution in [3.05, 3.63) is 95.2 Å². The molecule has 3 amide bonds. The second kappa shape index (κ2) is 9.12. The van der Waals surface area contributed by atoms with Crippen LogP contribution in [0.25, 0.3) is 5.57 Å². The largest absolute Gasteiger partial charge is 0.350 e. The lowest BCUT2D eigenvalue weighted by molar-refractivity contribution is -0.120. The maximum absolute atomic E-state index is 13.6. The predicted molar refractivity (Wildman–Crippen MR) is 131 cm³/mol. The zero-order valence-electron chi connectivity index (χ0n) is 18.8. The van der Waals surface area contributed by atoms with Crippen LogP contribution in [0.15, 0.2) is 78.5 Å². The van der Waals surface area contributed by atoms with Crippen LogP contribution in [0.3, 0.4) is 0 Å². The third-order valence-electron chi connectivity index (χ3n) is 5.59. The fourth-order valence-electron chi connectivity index (χ4n) is 3.80. The molecule has 0 unspecified atom stereocenters. The van der Waals surface area contributed by atoms with Gasteiger partial charge in [0.15, 0.2) is 0 Å². The fraction of sp³-hybridized carbons (Fsp3) is 0.148. The number of hydrogen-bond donors (Lipinski definition) is 2. The highest BCUT2D eigenvalue weighted by atomic mass is 16.2. The van der Waals surface area contributed by atoms with Gasteiger partial charge in [0.1, 0.15) is 5.70 Å². The summed E-state index contributed by atoms with van der Waals surface area (Å²) in [6, 6.07) is 21.9. The second-order valence-electron chi connectivity index (χ2n) is 7.91. The lowest BCUT2D eigenvalue weighted by atomic mass is 10.0. The molecule has 4 rings (SSSR count). The molecule has 6 heteroatoms. The first kappa shape index (κ1) is 22.0. The van der Waals surface area contributed by atoms with Gasteiger partial charge in [-0.2, -0.15) is 0 Å². The van der Waals surface area contributed by atoms with Gasteiger partial charge in [-0.25, -0.2) is 4.90 Å². The van der Waals surface area contributed by atoms with Crippen molar-refractivity contribution in [2.45, 2.75) is 27.2 Å². The number of nitrogens with zero attached hydrogens (tertiary/aromatic N) is 1. The molecule has 3 aromatic carbocycles. The molecule has 166 valence electrons. The van der Waals surface area contributed by atoms with E-state index in [-0.39, 0.29) is 17.2 Å². The Kier molecular flexibility index (Phi) is 6.09. The van der Waals surface area contributed by atoms with Crippen molar-refractivity contribution in [1.82, 2.24) is 0 Å². The highest BCUT2D eigenvalue weighted by molar-refractivity contribution is 6.46. The Balaban J connectivity index is 1.78. The zero-order chi connectivity index (χ0) is 23.5. The third kappa shape index (κ3) is 4.41. The Bertz CT molecular complexity index is 1260. The van der Waals surface area contributed by atoms with Crippen LogP contribution in [0.5, 0.6) is 0 Å². The Morgan fingerprint density at radius 1 is 0.879 bits per heavy atom. The van der Waals surface area contributed by atoms with E-state index < -0.39 is 11.8 Å². The number of aryl methyl sites for hydroxylation is 2. The Labute approximate surface area is 192 Å². The lowest BCUT2D eigenvalue weighted by Gasteiger charge is -2.16. The molecule has 1 aliphatic heterocycles. The van der Waals surface area contributed by atoms with Gasteiger partial charge in [0.05, 0.1) is 11.3 Å². The highest BCUT2D eigenvalue weighted by Gasteiger charge is 2.40. The van der Waals surface area contributed by atoms with Gasteiger partial charge in [-0.1, -0.05) is 49.4 Å². The minimum absolute atomic E-state index is 0.183. The number of amides is 3. The molecular formula is C27H25N3O3. The number of hydrogen-bond acceptors (Lipinski definition) is 4. The van der Waals surface area contributed by atoms with Gasteiger partial charge >= 0.3 is 0 Å². The molecule has 1 aliphatic rings. The monoisotopic (exact) mass is 439 g/mol. The fourth-order valence-corrected chi connectivity index (χ4v) is 3.80. The van der Waals surface area contributed by atoms with Gasteiger partial charge in [-0.15, -0.1) is 0 Å². The maximum Gasteiger partial charge on any atom is 0.282 e. The topological polar surface area (TPSA) is 78.5 Å². The lowest BCUT2D eigenvalue weighted by Crippen LogP contribution is -2.32. The van der Waals surface area contributed by atoms with Crippen molar-refractivity contribution >= 4 is 40.4 Å². The van der Waals surface area contributed by atoms with E-state index in [1.165, 1.54) is 11.8 Å². The quantitative estimate of drug-likeness (QED) is 0.535. The van der Waals surface area contributed by atoms with Crippen LogP contribution < -0.4 is 15.5 Å². The van der Waals surface area contributed by atoms with Crippen LogP contribution in [0.4, 0.5) is 17.1 Å². The minimum Gasteiger partial charge on any atom is -0.350 e. The zero-order valence-corrected chi connectivity index (χ0v) is 18.8. The smallest absolute Gasteiger partial charge is 0.282 e. The van der Waals surface area contributed by atoms with Gasteiger partial charge in [0.25, 0.3) is 11.8 Å². The summed E-state index contributed by atoms with van der Waals surface area (Å²) in [5.74, 6) is -0.987. The molecular weight excluding hydrogens is 414 g/mol. The summed E-state index contributed by atoms with van der Waals surface area (Å²) in [5, 5.41) is 5.92. The van der Waals surface area contributed by atoms with Gasteiger partial charge in [0, 0.05) is 18.3 Å². The van der Waals surface area contributed by atoms with Crippen molar-refractivity contribution in [3.63, 3.8) is 0 Å². The molecule has 0 radical (unpaired) electrons. The predicted octanol–water partition coefficient (Wildman–Crippen LogP) is 4.91. The first-order valence-electron chi connectivity index (χ1n) is 10.8. The summed E-state index contributed by atoms with van der Waals surface area (Å²) >= 11 is 0. The summed E-state index contributed by atoms with van der Waals surface area (Å²) in [5.41, 5.74) is 5.07. The Morgan fingerprint density at radius 2 is 1.55 bits per heavy atom. The number of para-hydroxylation sites is 1. The number of imide groups is 1. The Hall–Kier alpha value is -4.19. The summed E-state index contributed by atoms with van der Waals surface area (Å²) < 4.78 is 0. The van der Waals surface area contributed by atoms with E-state index in [9.17, 15) is 14.4 Å². The van der Waals surface area contributed by atoms with Crippen LogP contribution in [-0.2, 0) is 20.8 Å².